The summed E-state index contributed by atoms with van der Waals surface area (Å²) in [6.45, 7) is 9.50. The number of ketones is 1. The number of fused-ring (bicyclic) bond motifs is 5. The molecule has 1 amide bonds. The first-order valence-electron chi connectivity index (χ1n) is 15.6. The third-order valence-corrected chi connectivity index (χ3v) is 13.5. The summed E-state index contributed by atoms with van der Waals surface area (Å²) in [5.41, 5.74) is 2.50. The van der Waals surface area contributed by atoms with Crippen LogP contribution in [0.1, 0.15) is 89.4 Å². The summed E-state index contributed by atoms with van der Waals surface area (Å²) in [6, 6.07) is 8.88. The van der Waals surface area contributed by atoms with E-state index in [9.17, 15) is 14.4 Å². The maximum Gasteiger partial charge on any atom is 0.329 e. The van der Waals surface area contributed by atoms with Crippen molar-refractivity contribution < 1.29 is 19.1 Å². The van der Waals surface area contributed by atoms with Gasteiger partial charge in [0.05, 0.1) is 12.0 Å². The van der Waals surface area contributed by atoms with Gasteiger partial charge in [0.1, 0.15) is 6.04 Å². The Bertz CT molecular complexity index is 1200. The quantitative estimate of drug-likeness (QED) is 0.364. The standard InChI is InChI=1S/C34H45NO4S/c1-5-39-32(38)29-20-40-31(35(29)30(37)22-9-7-6-8-10-22)21(2)26-13-14-27-25-12-11-23-19-24(36)15-17-33(23,3)28(25)16-18-34(26,27)4/h6-10,19,21,25-29,31H,5,11-18,20H2,1-4H3/t21-,25-,26+,27-,28-,29-,31?,33-,34+/m0/s1. The first-order chi connectivity index (χ1) is 19.2. The van der Waals surface area contributed by atoms with Gasteiger partial charge in [0, 0.05) is 17.7 Å². The predicted octanol–water partition coefficient (Wildman–Crippen LogP) is 6.92. The van der Waals surface area contributed by atoms with Gasteiger partial charge in [0.15, 0.2) is 5.78 Å². The van der Waals surface area contributed by atoms with E-state index in [0.717, 1.165) is 18.8 Å². The van der Waals surface area contributed by atoms with Crippen molar-refractivity contribution in [1.29, 1.82) is 0 Å². The van der Waals surface area contributed by atoms with Gasteiger partial charge in [0.25, 0.3) is 5.91 Å². The summed E-state index contributed by atoms with van der Waals surface area (Å²) < 4.78 is 5.45. The number of allylic oxidation sites excluding steroid dienone is 1. The third kappa shape index (κ3) is 4.39. The van der Waals surface area contributed by atoms with Gasteiger partial charge in [-0.2, -0.15) is 0 Å². The molecule has 0 N–H and O–H groups in total. The summed E-state index contributed by atoms with van der Waals surface area (Å²) >= 11 is 1.77. The van der Waals surface area contributed by atoms with Gasteiger partial charge in [0.2, 0.25) is 0 Å². The molecule has 1 aromatic rings. The topological polar surface area (TPSA) is 63.7 Å². The second-order valence-electron chi connectivity index (χ2n) is 13.6. The minimum absolute atomic E-state index is 0.0387. The SMILES string of the molecule is CCOC(=O)[C@@H]1CSC([C@@H](C)[C@H]2CC[C@H]3[C@@H]4CCC5=CC(=O)CC[C@]5(C)[C@H]4CC[C@]23C)N1C(=O)c1ccccc1. The molecular weight excluding hydrogens is 518 g/mol. The minimum Gasteiger partial charge on any atom is -0.464 e. The Morgan fingerprint density at radius 2 is 1.82 bits per heavy atom. The van der Waals surface area contributed by atoms with Crippen LogP contribution in [0.25, 0.3) is 0 Å². The predicted molar refractivity (Wildman–Crippen MR) is 159 cm³/mol. The molecule has 0 bridgehead atoms. The second-order valence-corrected chi connectivity index (χ2v) is 14.8. The first kappa shape index (κ1) is 28.1. The highest BCUT2D eigenvalue weighted by Gasteiger charge is 2.61. The number of esters is 1. The van der Waals surface area contributed by atoms with E-state index in [1.54, 1.807) is 11.8 Å². The average Bonchev–Trinajstić information content (AvgIpc) is 3.55. The number of amides is 1. The van der Waals surface area contributed by atoms with E-state index in [2.05, 4.69) is 20.8 Å². The van der Waals surface area contributed by atoms with Gasteiger partial charge in [-0.3, -0.25) is 9.59 Å². The second kappa shape index (κ2) is 10.6. The van der Waals surface area contributed by atoms with Crippen molar-refractivity contribution in [1.82, 2.24) is 4.90 Å². The Balaban J connectivity index is 1.26. The molecule has 1 saturated heterocycles. The fraction of sp³-hybridized carbons (Fsp3) is 0.676. The highest BCUT2D eigenvalue weighted by Crippen LogP contribution is 2.68. The van der Waals surface area contributed by atoms with E-state index in [1.807, 2.05) is 48.2 Å². The Kier molecular flexibility index (Phi) is 7.46. The van der Waals surface area contributed by atoms with Crippen LogP contribution in [0.2, 0.25) is 0 Å². The van der Waals surface area contributed by atoms with Crippen LogP contribution in [0.3, 0.4) is 0 Å². The van der Waals surface area contributed by atoms with Gasteiger partial charge in [-0.15, -0.1) is 11.8 Å². The maximum absolute atomic E-state index is 13.9. The zero-order valence-electron chi connectivity index (χ0n) is 24.6. The highest BCUT2D eigenvalue weighted by atomic mass is 32.2. The van der Waals surface area contributed by atoms with E-state index < -0.39 is 6.04 Å². The lowest BCUT2D eigenvalue weighted by atomic mass is 9.46. The van der Waals surface area contributed by atoms with Crippen LogP contribution in [0.4, 0.5) is 0 Å². The molecule has 4 fully saturated rings. The molecule has 6 rings (SSSR count). The summed E-state index contributed by atoms with van der Waals surface area (Å²) in [6.07, 6.45) is 10.9. The van der Waals surface area contributed by atoms with Crippen LogP contribution in [-0.2, 0) is 14.3 Å². The molecule has 5 nitrogen and oxygen atoms in total. The largest absolute Gasteiger partial charge is 0.464 e. The number of nitrogens with zero attached hydrogens (tertiary/aromatic N) is 1. The number of ether oxygens (including phenoxy) is 1. The molecular formula is C34H45NO4S. The molecule has 3 saturated carbocycles. The van der Waals surface area contributed by atoms with Crippen molar-refractivity contribution in [3.05, 3.63) is 47.5 Å². The molecule has 216 valence electrons. The highest BCUT2D eigenvalue weighted by molar-refractivity contribution is 8.00. The van der Waals surface area contributed by atoms with Gasteiger partial charge < -0.3 is 9.64 Å². The number of rotatable bonds is 5. The normalized spacial score (nSPS) is 39.5. The van der Waals surface area contributed by atoms with Crippen molar-refractivity contribution in [2.75, 3.05) is 12.4 Å². The fourth-order valence-electron chi connectivity index (χ4n) is 10.0. The molecule has 0 aromatic heterocycles. The van der Waals surface area contributed by atoms with Crippen molar-refractivity contribution in [3.8, 4) is 0 Å². The van der Waals surface area contributed by atoms with Crippen LogP contribution < -0.4 is 0 Å². The van der Waals surface area contributed by atoms with Gasteiger partial charge in [-0.1, -0.05) is 44.5 Å². The van der Waals surface area contributed by atoms with E-state index in [4.69, 9.17) is 4.74 Å². The van der Waals surface area contributed by atoms with E-state index in [1.165, 1.54) is 37.7 Å². The van der Waals surface area contributed by atoms with Gasteiger partial charge in [-0.25, -0.2) is 4.79 Å². The van der Waals surface area contributed by atoms with Crippen molar-refractivity contribution in [2.24, 2.45) is 40.4 Å². The first-order valence-corrected chi connectivity index (χ1v) is 16.6. The zero-order valence-corrected chi connectivity index (χ0v) is 25.4. The monoisotopic (exact) mass is 563 g/mol. The van der Waals surface area contributed by atoms with Crippen LogP contribution in [0.5, 0.6) is 0 Å². The number of hydrogen-bond acceptors (Lipinski definition) is 5. The van der Waals surface area contributed by atoms with Crippen LogP contribution >= 0.6 is 11.8 Å². The Labute approximate surface area is 243 Å². The number of carbonyl (C=O) groups is 3. The average molecular weight is 564 g/mol. The fourth-order valence-corrected chi connectivity index (χ4v) is 11.6. The van der Waals surface area contributed by atoms with Gasteiger partial charge in [-0.05, 0) is 110 Å². The molecule has 1 unspecified atom stereocenters. The molecule has 0 radical (unpaired) electrons. The summed E-state index contributed by atoms with van der Waals surface area (Å²) in [5.74, 6) is 3.47. The van der Waals surface area contributed by atoms with Crippen LogP contribution in [-0.4, -0.2) is 46.3 Å². The molecule has 9 atom stereocenters. The Hall–Kier alpha value is -2.08. The lowest BCUT2D eigenvalue weighted by Crippen LogP contribution is -2.53. The molecule has 5 aliphatic rings. The molecule has 6 heteroatoms. The molecule has 1 heterocycles. The van der Waals surface area contributed by atoms with Crippen molar-refractivity contribution in [3.63, 3.8) is 0 Å². The maximum atomic E-state index is 13.9. The number of carbonyl (C=O) groups excluding carboxylic acids is 3. The number of thioether (sulfide) groups is 1. The Morgan fingerprint density at radius 1 is 1.05 bits per heavy atom. The number of hydrogen-bond donors (Lipinski definition) is 0. The molecule has 0 spiro atoms. The summed E-state index contributed by atoms with van der Waals surface area (Å²) in [4.78, 5) is 41.1. The Morgan fingerprint density at radius 3 is 2.58 bits per heavy atom. The summed E-state index contributed by atoms with van der Waals surface area (Å²) in [7, 11) is 0. The van der Waals surface area contributed by atoms with E-state index in [0.29, 0.717) is 47.9 Å². The molecule has 4 aliphatic carbocycles. The number of benzene rings is 1. The van der Waals surface area contributed by atoms with Crippen molar-refractivity contribution in [2.45, 2.75) is 90.5 Å². The zero-order chi connectivity index (χ0) is 28.2. The van der Waals surface area contributed by atoms with E-state index in [-0.39, 0.29) is 34.0 Å². The lowest BCUT2D eigenvalue weighted by Gasteiger charge is -2.58. The molecule has 40 heavy (non-hydrogen) atoms. The van der Waals surface area contributed by atoms with Gasteiger partial charge >= 0.3 is 5.97 Å². The summed E-state index contributed by atoms with van der Waals surface area (Å²) in [5, 5.41) is -0.0387. The van der Waals surface area contributed by atoms with Crippen LogP contribution in [0.15, 0.2) is 42.0 Å². The smallest absolute Gasteiger partial charge is 0.329 e. The lowest BCUT2D eigenvalue weighted by molar-refractivity contribution is -0.148. The van der Waals surface area contributed by atoms with Crippen LogP contribution in [0, 0.1) is 40.4 Å². The minimum atomic E-state index is -0.539. The molecule has 1 aromatic carbocycles. The van der Waals surface area contributed by atoms with Crippen molar-refractivity contribution >= 4 is 29.4 Å². The molecule has 1 aliphatic heterocycles. The third-order valence-electron chi connectivity index (χ3n) is 12.0. The van der Waals surface area contributed by atoms with E-state index >= 15 is 0 Å².